The highest BCUT2D eigenvalue weighted by atomic mass is 19.1. The van der Waals surface area contributed by atoms with Gasteiger partial charge in [0.25, 0.3) is 0 Å². The van der Waals surface area contributed by atoms with E-state index in [4.69, 9.17) is 4.74 Å². The van der Waals surface area contributed by atoms with E-state index in [9.17, 15) is 9.18 Å². The highest BCUT2D eigenvalue weighted by Gasteiger charge is 2.24. The molecule has 2 N–H and O–H groups in total. The maximum atomic E-state index is 14.5. The average molecular weight is 337 g/mol. The molecule has 2 amide bonds. The minimum atomic E-state index is -0.266. The fourth-order valence-corrected chi connectivity index (χ4v) is 2.83. The van der Waals surface area contributed by atoms with Crippen molar-refractivity contribution in [3.05, 3.63) is 29.6 Å². The van der Waals surface area contributed by atoms with Crippen molar-refractivity contribution in [2.24, 2.45) is 5.92 Å². The van der Waals surface area contributed by atoms with Crippen molar-refractivity contribution in [3.63, 3.8) is 0 Å². The normalized spacial score (nSPS) is 21.0. The minimum Gasteiger partial charge on any atom is -0.372 e. The third-order valence-electron chi connectivity index (χ3n) is 3.90. The van der Waals surface area contributed by atoms with Gasteiger partial charge in [0, 0.05) is 26.2 Å². The van der Waals surface area contributed by atoms with Gasteiger partial charge in [-0.3, -0.25) is 0 Å². The Morgan fingerprint density at radius 3 is 2.54 bits per heavy atom. The summed E-state index contributed by atoms with van der Waals surface area (Å²) in [5, 5.41) is 5.52. The molecule has 5 nitrogen and oxygen atoms in total. The summed E-state index contributed by atoms with van der Waals surface area (Å²) in [6, 6.07) is 4.89. The zero-order valence-corrected chi connectivity index (χ0v) is 14.9. The molecule has 0 saturated carbocycles. The lowest BCUT2D eigenvalue weighted by Crippen LogP contribution is -2.45. The van der Waals surface area contributed by atoms with Gasteiger partial charge in [-0.25, -0.2) is 9.18 Å². The fourth-order valence-electron chi connectivity index (χ4n) is 2.83. The van der Waals surface area contributed by atoms with Gasteiger partial charge in [-0.1, -0.05) is 19.9 Å². The van der Waals surface area contributed by atoms with Crippen LogP contribution < -0.4 is 15.5 Å². The number of anilines is 1. The molecule has 1 saturated heterocycles. The first kappa shape index (κ1) is 18.5. The number of benzene rings is 1. The molecule has 1 aromatic rings. The molecule has 1 fully saturated rings. The molecule has 1 aliphatic heterocycles. The van der Waals surface area contributed by atoms with Crippen molar-refractivity contribution in [1.82, 2.24) is 10.6 Å². The topological polar surface area (TPSA) is 53.6 Å². The van der Waals surface area contributed by atoms with E-state index in [1.165, 1.54) is 6.07 Å². The van der Waals surface area contributed by atoms with Crippen LogP contribution in [0.1, 0.15) is 33.3 Å². The maximum Gasteiger partial charge on any atom is 0.315 e. The van der Waals surface area contributed by atoms with Crippen LogP contribution in [0.3, 0.4) is 0 Å². The van der Waals surface area contributed by atoms with Crippen molar-refractivity contribution >= 4 is 11.7 Å². The molecule has 1 aromatic carbocycles. The quantitative estimate of drug-likeness (QED) is 0.869. The van der Waals surface area contributed by atoms with E-state index in [1.807, 2.05) is 38.7 Å². The van der Waals surface area contributed by atoms with Crippen LogP contribution in [-0.2, 0) is 11.3 Å². The standard InChI is InChI=1S/C18H28FN3O2/c1-12(2)8-20-18(23)21-9-15-5-6-17(16(19)7-15)22-10-13(3)24-14(4)11-22/h5-7,12-14H,8-11H2,1-4H3,(H2,20,21,23). The van der Waals surface area contributed by atoms with Gasteiger partial charge in [-0.05, 0) is 37.5 Å². The predicted octanol–water partition coefficient (Wildman–Crippen LogP) is 2.89. The summed E-state index contributed by atoms with van der Waals surface area (Å²) in [4.78, 5) is 13.7. The second kappa shape index (κ2) is 8.33. The number of nitrogens with one attached hydrogen (secondary N) is 2. The Balaban J connectivity index is 1.93. The number of urea groups is 1. The zero-order valence-electron chi connectivity index (χ0n) is 14.9. The van der Waals surface area contributed by atoms with E-state index < -0.39 is 0 Å². The van der Waals surface area contributed by atoms with Gasteiger partial charge >= 0.3 is 6.03 Å². The van der Waals surface area contributed by atoms with Gasteiger partial charge in [0.05, 0.1) is 17.9 Å². The third kappa shape index (κ3) is 5.37. The first-order chi connectivity index (χ1) is 11.3. The second-order valence-electron chi connectivity index (χ2n) is 6.91. The van der Waals surface area contributed by atoms with E-state index in [1.54, 1.807) is 6.07 Å². The molecule has 0 bridgehead atoms. The maximum absolute atomic E-state index is 14.5. The number of hydrogen-bond acceptors (Lipinski definition) is 3. The van der Waals surface area contributed by atoms with Crippen LogP contribution in [0, 0.1) is 11.7 Å². The van der Waals surface area contributed by atoms with Gasteiger partial charge < -0.3 is 20.3 Å². The minimum absolute atomic E-state index is 0.0825. The summed E-state index contributed by atoms with van der Waals surface area (Å²) in [6.07, 6.45) is 0.165. The Morgan fingerprint density at radius 2 is 1.96 bits per heavy atom. The molecule has 134 valence electrons. The summed E-state index contributed by atoms with van der Waals surface area (Å²) in [6.45, 7) is 10.3. The number of nitrogens with zero attached hydrogens (tertiary/aromatic N) is 1. The van der Waals surface area contributed by atoms with Crippen molar-refractivity contribution < 1.29 is 13.9 Å². The van der Waals surface area contributed by atoms with E-state index in [0.29, 0.717) is 37.8 Å². The molecular weight excluding hydrogens is 309 g/mol. The van der Waals surface area contributed by atoms with Crippen LogP contribution in [-0.4, -0.2) is 37.9 Å². The summed E-state index contributed by atoms with van der Waals surface area (Å²) >= 11 is 0. The van der Waals surface area contributed by atoms with Gasteiger partial charge in [-0.15, -0.1) is 0 Å². The van der Waals surface area contributed by atoms with E-state index >= 15 is 0 Å². The number of amides is 2. The number of carbonyl (C=O) groups excluding carboxylic acids is 1. The summed E-state index contributed by atoms with van der Waals surface area (Å²) in [5.74, 6) is 0.129. The van der Waals surface area contributed by atoms with Crippen LogP contribution in [0.25, 0.3) is 0 Å². The number of carbonyl (C=O) groups is 1. The molecule has 0 aliphatic carbocycles. The molecule has 0 radical (unpaired) electrons. The molecular formula is C18H28FN3O2. The molecule has 1 aliphatic rings. The Hall–Kier alpha value is -1.82. The Bertz CT molecular complexity index is 555. The first-order valence-corrected chi connectivity index (χ1v) is 8.55. The SMILES string of the molecule is CC(C)CNC(=O)NCc1ccc(N2CC(C)OC(C)C2)c(F)c1. The van der Waals surface area contributed by atoms with Crippen LogP contribution >= 0.6 is 0 Å². The summed E-state index contributed by atoms with van der Waals surface area (Å²) in [7, 11) is 0. The van der Waals surface area contributed by atoms with Crippen LogP contribution in [0.15, 0.2) is 18.2 Å². The third-order valence-corrected chi connectivity index (χ3v) is 3.90. The lowest BCUT2D eigenvalue weighted by Gasteiger charge is -2.37. The van der Waals surface area contributed by atoms with E-state index in [2.05, 4.69) is 10.6 Å². The Labute approximate surface area is 143 Å². The second-order valence-corrected chi connectivity index (χ2v) is 6.91. The Kier molecular flexibility index (Phi) is 6.43. The van der Waals surface area contributed by atoms with Crippen molar-refractivity contribution in [2.45, 2.75) is 46.4 Å². The average Bonchev–Trinajstić information content (AvgIpc) is 2.50. The number of hydrogen-bond donors (Lipinski definition) is 2. The molecule has 1 heterocycles. The monoisotopic (exact) mass is 337 g/mol. The smallest absolute Gasteiger partial charge is 0.315 e. The van der Waals surface area contributed by atoms with E-state index in [0.717, 1.165) is 5.56 Å². The van der Waals surface area contributed by atoms with Crippen LogP contribution in [0.2, 0.25) is 0 Å². The van der Waals surface area contributed by atoms with Crippen molar-refractivity contribution in [3.8, 4) is 0 Å². The summed E-state index contributed by atoms with van der Waals surface area (Å²) < 4.78 is 20.1. The zero-order chi connectivity index (χ0) is 17.7. The number of ether oxygens (including phenoxy) is 1. The number of morpholine rings is 1. The molecule has 2 unspecified atom stereocenters. The first-order valence-electron chi connectivity index (χ1n) is 8.55. The van der Waals surface area contributed by atoms with Gasteiger partial charge in [0.1, 0.15) is 5.82 Å². The lowest BCUT2D eigenvalue weighted by atomic mass is 10.1. The molecule has 6 heteroatoms. The number of halogens is 1. The van der Waals surface area contributed by atoms with Crippen molar-refractivity contribution in [1.29, 1.82) is 0 Å². The largest absolute Gasteiger partial charge is 0.372 e. The van der Waals surface area contributed by atoms with Gasteiger partial charge in [0.2, 0.25) is 0 Å². The summed E-state index contributed by atoms with van der Waals surface area (Å²) in [5.41, 5.74) is 1.33. The van der Waals surface area contributed by atoms with Crippen LogP contribution in [0.4, 0.5) is 14.9 Å². The molecule has 2 rings (SSSR count). The number of rotatable bonds is 5. The van der Waals surface area contributed by atoms with Gasteiger partial charge in [-0.2, -0.15) is 0 Å². The Morgan fingerprint density at radius 1 is 1.29 bits per heavy atom. The molecule has 24 heavy (non-hydrogen) atoms. The van der Waals surface area contributed by atoms with E-state index in [-0.39, 0.29) is 24.1 Å². The predicted molar refractivity (Wildman–Crippen MR) is 93.7 cm³/mol. The highest BCUT2D eigenvalue weighted by Crippen LogP contribution is 2.24. The van der Waals surface area contributed by atoms with Gasteiger partial charge in [0.15, 0.2) is 0 Å². The van der Waals surface area contributed by atoms with Crippen molar-refractivity contribution in [2.75, 3.05) is 24.5 Å². The molecule has 0 aromatic heterocycles. The van der Waals surface area contributed by atoms with Crippen LogP contribution in [0.5, 0.6) is 0 Å². The molecule has 2 atom stereocenters. The lowest BCUT2D eigenvalue weighted by molar-refractivity contribution is -0.00539. The fraction of sp³-hybridized carbons (Fsp3) is 0.611. The molecule has 0 spiro atoms. The highest BCUT2D eigenvalue weighted by molar-refractivity contribution is 5.73.